The molecule has 0 unspecified atom stereocenters. The molecular formula is C15H19ClN2O2. The second-order valence-electron chi connectivity index (χ2n) is 5.46. The summed E-state index contributed by atoms with van der Waals surface area (Å²) in [6.45, 7) is 3.82. The molecule has 1 aliphatic heterocycles. The molecule has 1 saturated heterocycles. The summed E-state index contributed by atoms with van der Waals surface area (Å²) >= 11 is 6.11. The maximum atomic E-state index is 6.11. The zero-order valence-corrected chi connectivity index (χ0v) is 12.6. The van der Waals surface area contributed by atoms with Gasteiger partial charge in [0, 0.05) is 24.8 Å². The molecule has 2 aromatic rings. The average Bonchev–Trinajstić information content (AvgIpc) is 2.86. The van der Waals surface area contributed by atoms with E-state index in [0.29, 0.717) is 5.88 Å². The average molecular weight is 295 g/mol. The standard InChI is InChI=1S/C15H19ClN2O2/c1-15(5-7-20-8-6-15)18-13-9-11(19-2)3-4-12(13)17-14(18)10-16/h3-4,9H,5-8,10H2,1-2H3. The minimum Gasteiger partial charge on any atom is -0.497 e. The van der Waals surface area contributed by atoms with Gasteiger partial charge in [-0.1, -0.05) is 0 Å². The van der Waals surface area contributed by atoms with Gasteiger partial charge in [0.15, 0.2) is 0 Å². The summed E-state index contributed by atoms with van der Waals surface area (Å²) < 4.78 is 13.1. The van der Waals surface area contributed by atoms with Crippen LogP contribution in [-0.4, -0.2) is 29.9 Å². The number of nitrogens with zero attached hydrogens (tertiary/aromatic N) is 2. The number of imidazole rings is 1. The molecule has 108 valence electrons. The van der Waals surface area contributed by atoms with E-state index in [1.54, 1.807) is 7.11 Å². The molecule has 2 heterocycles. The first kappa shape index (κ1) is 13.7. The van der Waals surface area contributed by atoms with E-state index in [2.05, 4.69) is 16.5 Å². The van der Waals surface area contributed by atoms with E-state index in [1.807, 2.05) is 18.2 Å². The highest BCUT2D eigenvalue weighted by molar-refractivity contribution is 6.16. The Kier molecular flexibility index (Phi) is 3.61. The van der Waals surface area contributed by atoms with Crippen LogP contribution in [0.3, 0.4) is 0 Å². The van der Waals surface area contributed by atoms with Crippen molar-refractivity contribution < 1.29 is 9.47 Å². The van der Waals surface area contributed by atoms with E-state index in [-0.39, 0.29) is 5.54 Å². The van der Waals surface area contributed by atoms with Gasteiger partial charge in [-0.3, -0.25) is 0 Å². The zero-order chi connectivity index (χ0) is 14.2. The normalized spacial score (nSPS) is 18.4. The van der Waals surface area contributed by atoms with Gasteiger partial charge >= 0.3 is 0 Å². The van der Waals surface area contributed by atoms with Crippen molar-refractivity contribution in [1.29, 1.82) is 0 Å². The molecule has 1 fully saturated rings. The largest absolute Gasteiger partial charge is 0.497 e. The van der Waals surface area contributed by atoms with Crippen molar-refractivity contribution in [2.75, 3.05) is 20.3 Å². The fraction of sp³-hybridized carbons (Fsp3) is 0.533. The van der Waals surface area contributed by atoms with Crippen molar-refractivity contribution in [3.63, 3.8) is 0 Å². The highest BCUT2D eigenvalue weighted by Gasteiger charge is 2.32. The quantitative estimate of drug-likeness (QED) is 0.815. The number of benzene rings is 1. The van der Waals surface area contributed by atoms with E-state index >= 15 is 0 Å². The molecule has 0 saturated carbocycles. The molecule has 4 nitrogen and oxygen atoms in total. The Labute approximate surface area is 123 Å². The third kappa shape index (κ3) is 2.17. The van der Waals surface area contributed by atoms with Crippen molar-refractivity contribution >= 4 is 22.6 Å². The van der Waals surface area contributed by atoms with Crippen LogP contribution in [0, 0.1) is 0 Å². The monoisotopic (exact) mass is 294 g/mol. The number of hydrogen-bond donors (Lipinski definition) is 0. The van der Waals surface area contributed by atoms with Crippen LogP contribution in [0.2, 0.25) is 0 Å². The van der Waals surface area contributed by atoms with Crippen molar-refractivity contribution in [2.24, 2.45) is 0 Å². The Hall–Kier alpha value is -1.26. The highest BCUT2D eigenvalue weighted by atomic mass is 35.5. The van der Waals surface area contributed by atoms with E-state index < -0.39 is 0 Å². The minimum atomic E-state index is 0.00356. The lowest BCUT2D eigenvalue weighted by molar-refractivity contribution is 0.0303. The molecule has 5 heteroatoms. The SMILES string of the molecule is COc1ccc2nc(CCl)n(C3(C)CCOCC3)c2c1. The van der Waals surface area contributed by atoms with Gasteiger partial charge in [0.1, 0.15) is 11.6 Å². The van der Waals surface area contributed by atoms with Gasteiger partial charge in [-0.05, 0) is 31.9 Å². The maximum absolute atomic E-state index is 6.11. The smallest absolute Gasteiger partial charge is 0.125 e. The number of fused-ring (bicyclic) bond motifs is 1. The lowest BCUT2D eigenvalue weighted by atomic mass is 9.91. The Bertz CT molecular complexity index is 618. The third-order valence-corrected chi connectivity index (χ3v) is 4.40. The van der Waals surface area contributed by atoms with E-state index in [4.69, 9.17) is 21.1 Å². The molecule has 1 aromatic heterocycles. The molecule has 0 bridgehead atoms. The van der Waals surface area contributed by atoms with Gasteiger partial charge in [-0.15, -0.1) is 11.6 Å². The van der Waals surface area contributed by atoms with Gasteiger partial charge in [-0.25, -0.2) is 4.98 Å². The topological polar surface area (TPSA) is 36.3 Å². The molecule has 0 atom stereocenters. The molecule has 0 N–H and O–H groups in total. The minimum absolute atomic E-state index is 0.00356. The van der Waals surface area contributed by atoms with Crippen molar-refractivity contribution in [1.82, 2.24) is 9.55 Å². The van der Waals surface area contributed by atoms with Crippen molar-refractivity contribution in [2.45, 2.75) is 31.2 Å². The summed E-state index contributed by atoms with van der Waals surface area (Å²) in [5.74, 6) is 2.17. The lowest BCUT2D eigenvalue weighted by Gasteiger charge is -2.36. The van der Waals surface area contributed by atoms with Gasteiger partial charge < -0.3 is 14.0 Å². The van der Waals surface area contributed by atoms with Crippen LogP contribution in [0.1, 0.15) is 25.6 Å². The molecule has 3 rings (SSSR count). The van der Waals surface area contributed by atoms with Crippen LogP contribution in [0.15, 0.2) is 18.2 Å². The van der Waals surface area contributed by atoms with Crippen LogP contribution < -0.4 is 4.74 Å². The zero-order valence-electron chi connectivity index (χ0n) is 11.9. The number of ether oxygens (including phenoxy) is 2. The molecule has 0 radical (unpaired) electrons. The second kappa shape index (κ2) is 5.26. The lowest BCUT2D eigenvalue weighted by Crippen LogP contribution is -2.37. The van der Waals surface area contributed by atoms with Gasteiger partial charge in [-0.2, -0.15) is 0 Å². The van der Waals surface area contributed by atoms with E-state index in [0.717, 1.165) is 48.7 Å². The van der Waals surface area contributed by atoms with Crippen LogP contribution in [0.25, 0.3) is 11.0 Å². The molecule has 0 amide bonds. The van der Waals surface area contributed by atoms with Gasteiger partial charge in [0.05, 0.1) is 24.0 Å². The van der Waals surface area contributed by atoms with Crippen LogP contribution in [-0.2, 0) is 16.2 Å². The predicted octanol–water partition coefficient (Wildman–Crippen LogP) is 3.31. The number of halogens is 1. The van der Waals surface area contributed by atoms with Crippen molar-refractivity contribution in [3.8, 4) is 5.75 Å². The summed E-state index contributed by atoms with van der Waals surface area (Å²) in [6.07, 6.45) is 1.94. The number of alkyl halides is 1. The van der Waals surface area contributed by atoms with E-state index in [9.17, 15) is 0 Å². The Balaban J connectivity index is 2.20. The molecule has 1 aromatic carbocycles. The molecule has 0 aliphatic carbocycles. The molecule has 20 heavy (non-hydrogen) atoms. The molecule has 1 aliphatic rings. The number of methoxy groups -OCH3 is 1. The molecule has 0 spiro atoms. The summed E-state index contributed by atoms with van der Waals surface area (Å²) in [5, 5.41) is 0. The predicted molar refractivity (Wildman–Crippen MR) is 79.5 cm³/mol. The fourth-order valence-electron chi connectivity index (χ4n) is 2.96. The Morgan fingerprint density at radius 2 is 2.15 bits per heavy atom. The third-order valence-electron chi connectivity index (χ3n) is 4.16. The summed E-state index contributed by atoms with van der Waals surface area (Å²) in [4.78, 5) is 4.66. The molecular weight excluding hydrogens is 276 g/mol. The first-order chi connectivity index (χ1) is 9.68. The number of hydrogen-bond acceptors (Lipinski definition) is 3. The van der Waals surface area contributed by atoms with Crippen molar-refractivity contribution in [3.05, 3.63) is 24.0 Å². The maximum Gasteiger partial charge on any atom is 0.125 e. The van der Waals surface area contributed by atoms with Gasteiger partial charge in [0.25, 0.3) is 0 Å². The first-order valence-corrected chi connectivity index (χ1v) is 7.41. The fourth-order valence-corrected chi connectivity index (χ4v) is 3.14. The highest BCUT2D eigenvalue weighted by Crippen LogP contribution is 2.35. The summed E-state index contributed by atoms with van der Waals surface area (Å²) in [6, 6.07) is 5.96. The second-order valence-corrected chi connectivity index (χ2v) is 5.73. The summed E-state index contributed by atoms with van der Waals surface area (Å²) in [7, 11) is 1.68. The summed E-state index contributed by atoms with van der Waals surface area (Å²) in [5.41, 5.74) is 2.06. The van der Waals surface area contributed by atoms with Crippen LogP contribution in [0.4, 0.5) is 0 Å². The van der Waals surface area contributed by atoms with Crippen LogP contribution in [0.5, 0.6) is 5.75 Å². The first-order valence-electron chi connectivity index (χ1n) is 6.87. The number of rotatable bonds is 3. The Morgan fingerprint density at radius 1 is 1.40 bits per heavy atom. The van der Waals surface area contributed by atoms with E-state index in [1.165, 1.54) is 0 Å². The Morgan fingerprint density at radius 3 is 2.80 bits per heavy atom. The van der Waals surface area contributed by atoms with Gasteiger partial charge in [0.2, 0.25) is 0 Å². The van der Waals surface area contributed by atoms with Crippen LogP contribution >= 0.6 is 11.6 Å². The number of aromatic nitrogens is 2.